The number of anilines is 1. The van der Waals surface area contributed by atoms with Gasteiger partial charge in [0.05, 0.1) is 11.2 Å². The van der Waals surface area contributed by atoms with Gasteiger partial charge in [0.2, 0.25) is 0 Å². The normalized spacial score (nSPS) is 15.0. The van der Waals surface area contributed by atoms with Crippen molar-refractivity contribution < 1.29 is 9.53 Å². The van der Waals surface area contributed by atoms with E-state index in [1.165, 1.54) is 0 Å². The highest BCUT2D eigenvalue weighted by molar-refractivity contribution is 9.10. The van der Waals surface area contributed by atoms with Crippen LogP contribution in [-0.2, 0) is 4.74 Å². The van der Waals surface area contributed by atoms with E-state index in [-0.39, 0.29) is 11.2 Å². The van der Waals surface area contributed by atoms with Gasteiger partial charge in [0, 0.05) is 36.0 Å². The fourth-order valence-corrected chi connectivity index (χ4v) is 3.74. The first-order chi connectivity index (χ1) is 12.7. The van der Waals surface area contributed by atoms with E-state index in [4.69, 9.17) is 16.3 Å². The summed E-state index contributed by atoms with van der Waals surface area (Å²) in [5, 5.41) is 10.7. The number of benzene rings is 1. The predicted octanol–water partition coefficient (Wildman–Crippen LogP) is 4.58. The predicted molar refractivity (Wildman–Crippen MR) is 109 cm³/mol. The lowest BCUT2D eigenvalue weighted by Crippen LogP contribution is -2.50. The Kier molecular flexibility index (Phi) is 5.50. The minimum absolute atomic E-state index is 0.182. The lowest BCUT2D eigenvalue weighted by atomic mass is 10.1. The van der Waals surface area contributed by atoms with Crippen molar-refractivity contribution >= 4 is 50.2 Å². The Labute approximate surface area is 171 Å². The number of para-hydroxylation sites is 1. The first-order valence-corrected chi connectivity index (χ1v) is 9.79. The Hall–Kier alpha value is -2.04. The Morgan fingerprint density at radius 2 is 1.96 bits per heavy atom. The quantitative estimate of drug-likeness (QED) is 0.594. The highest BCUT2D eigenvalue weighted by Crippen LogP contribution is 2.36. The van der Waals surface area contributed by atoms with E-state index in [2.05, 4.69) is 31.9 Å². The number of nitrogens with zero attached hydrogens (tertiary/aromatic N) is 4. The molecule has 1 saturated heterocycles. The highest BCUT2D eigenvalue weighted by atomic mass is 79.9. The van der Waals surface area contributed by atoms with Crippen LogP contribution in [0, 0.1) is 11.3 Å². The molecular weight excluding hydrogens is 432 g/mol. The molecule has 142 valence electrons. The van der Waals surface area contributed by atoms with Crippen molar-refractivity contribution in [1.29, 1.82) is 5.26 Å². The van der Waals surface area contributed by atoms with E-state index in [1.807, 2.05) is 39.0 Å². The lowest BCUT2D eigenvalue weighted by molar-refractivity contribution is 0.0240. The fourth-order valence-electron chi connectivity index (χ4n) is 3.07. The molecule has 1 fully saturated rings. The van der Waals surface area contributed by atoms with Crippen LogP contribution in [0.3, 0.4) is 0 Å². The summed E-state index contributed by atoms with van der Waals surface area (Å²) in [5.41, 5.74) is 1.31. The van der Waals surface area contributed by atoms with E-state index in [1.54, 1.807) is 4.90 Å². The number of piperazine rings is 1. The molecular formula is C19H20BrClN4O2. The molecule has 0 unspecified atom stereocenters. The third-order valence-corrected chi connectivity index (χ3v) is 5.17. The van der Waals surface area contributed by atoms with Crippen molar-refractivity contribution in [2.24, 2.45) is 0 Å². The molecule has 6 nitrogen and oxygen atoms in total. The Morgan fingerprint density at radius 1 is 1.30 bits per heavy atom. The van der Waals surface area contributed by atoms with Crippen molar-refractivity contribution in [3.8, 4) is 6.07 Å². The summed E-state index contributed by atoms with van der Waals surface area (Å²) in [7, 11) is 0. The van der Waals surface area contributed by atoms with E-state index in [9.17, 15) is 10.1 Å². The van der Waals surface area contributed by atoms with Gasteiger partial charge in [-0.25, -0.2) is 9.78 Å². The van der Waals surface area contributed by atoms with Crippen LogP contribution in [0.15, 0.2) is 22.7 Å². The molecule has 8 heteroatoms. The molecule has 27 heavy (non-hydrogen) atoms. The maximum atomic E-state index is 12.3. The van der Waals surface area contributed by atoms with Crippen molar-refractivity contribution in [3.63, 3.8) is 0 Å². The second-order valence-corrected chi connectivity index (χ2v) is 8.54. The van der Waals surface area contributed by atoms with Crippen LogP contribution >= 0.6 is 27.5 Å². The Balaban J connectivity index is 1.90. The zero-order valence-electron chi connectivity index (χ0n) is 15.4. The van der Waals surface area contributed by atoms with Gasteiger partial charge in [0.25, 0.3) is 0 Å². The third-order valence-electron chi connectivity index (χ3n) is 4.25. The number of hydrogen-bond acceptors (Lipinski definition) is 5. The van der Waals surface area contributed by atoms with Crippen LogP contribution in [0.5, 0.6) is 0 Å². The van der Waals surface area contributed by atoms with E-state index in [0.29, 0.717) is 37.3 Å². The molecule has 0 bridgehead atoms. The minimum atomic E-state index is -0.525. The number of amides is 1. The average Bonchev–Trinajstić information content (AvgIpc) is 2.60. The SMILES string of the molecule is CC(C)(C)OC(=O)N1CCN(c2c(C#N)c(Cl)nc3c(Br)cccc23)CC1. The summed E-state index contributed by atoms with van der Waals surface area (Å²) < 4.78 is 6.27. The molecule has 0 aliphatic carbocycles. The molecule has 1 amide bonds. The number of fused-ring (bicyclic) bond motifs is 1. The number of ether oxygens (including phenoxy) is 1. The summed E-state index contributed by atoms with van der Waals surface area (Å²) in [6, 6.07) is 7.91. The van der Waals surface area contributed by atoms with E-state index < -0.39 is 5.60 Å². The van der Waals surface area contributed by atoms with Crippen molar-refractivity contribution in [2.45, 2.75) is 26.4 Å². The number of nitriles is 1. The van der Waals surface area contributed by atoms with Crippen molar-refractivity contribution in [3.05, 3.63) is 33.4 Å². The van der Waals surface area contributed by atoms with Gasteiger partial charge in [0.15, 0.2) is 0 Å². The number of halogens is 2. The summed E-state index contributed by atoms with van der Waals surface area (Å²) in [6.45, 7) is 7.73. The van der Waals surface area contributed by atoms with Gasteiger partial charge in [-0.1, -0.05) is 23.7 Å². The van der Waals surface area contributed by atoms with Gasteiger partial charge in [-0.2, -0.15) is 5.26 Å². The maximum absolute atomic E-state index is 12.3. The molecule has 2 heterocycles. The number of aromatic nitrogens is 1. The Morgan fingerprint density at radius 3 is 2.56 bits per heavy atom. The fraction of sp³-hybridized carbons (Fsp3) is 0.421. The largest absolute Gasteiger partial charge is 0.444 e. The van der Waals surface area contributed by atoms with E-state index in [0.717, 1.165) is 15.5 Å². The zero-order chi connectivity index (χ0) is 19.8. The molecule has 1 aromatic carbocycles. The number of carbonyl (C=O) groups excluding carboxylic acids is 1. The highest BCUT2D eigenvalue weighted by Gasteiger charge is 2.28. The first-order valence-electron chi connectivity index (χ1n) is 8.62. The molecule has 1 aliphatic heterocycles. The molecule has 2 aromatic rings. The topological polar surface area (TPSA) is 69.5 Å². The second kappa shape index (κ2) is 7.53. The summed E-state index contributed by atoms with van der Waals surface area (Å²) in [6.07, 6.45) is -0.317. The molecule has 0 spiro atoms. The molecule has 1 aliphatic rings. The third kappa shape index (κ3) is 4.12. The maximum Gasteiger partial charge on any atom is 0.410 e. The smallest absolute Gasteiger partial charge is 0.410 e. The summed E-state index contributed by atoms with van der Waals surface area (Å²) in [4.78, 5) is 20.4. The lowest BCUT2D eigenvalue weighted by Gasteiger charge is -2.37. The van der Waals surface area contributed by atoms with Crippen LogP contribution in [0.4, 0.5) is 10.5 Å². The molecule has 0 radical (unpaired) electrons. The van der Waals surface area contributed by atoms with Crippen LogP contribution in [-0.4, -0.2) is 47.8 Å². The van der Waals surface area contributed by atoms with Gasteiger partial charge < -0.3 is 14.5 Å². The second-order valence-electron chi connectivity index (χ2n) is 7.33. The monoisotopic (exact) mass is 450 g/mol. The standard InChI is InChI=1S/C19H20BrClN4O2/c1-19(2,3)27-18(26)25-9-7-24(8-10-25)16-12-5-4-6-14(20)15(12)23-17(21)13(16)11-22/h4-6H,7-10H2,1-3H3. The van der Waals surface area contributed by atoms with Gasteiger partial charge in [-0.3, -0.25) is 0 Å². The summed E-state index contributed by atoms with van der Waals surface area (Å²) in [5.74, 6) is 0. The summed E-state index contributed by atoms with van der Waals surface area (Å²) >= 11 is 9.79. The Bertz CT molecular complexity index is 928. The molecule has 3 rings (SSSR count). The molecule has 1 aromatic heterocycles. The average molecular weight is 452 g/mol. The first kappa shape index (κ1) is 19.7. The number of hydrogen-bond donors (Lipinski definition) is 0. The van der Waals surface area contributed by atoms with Gasteiger partial charge >= 0.3 is 6.09 Å². The van der Waals surface area contributed by atoms with Crippen LogP contribution in [0.1, 0.15) is 26.3 Å². The molecule has 0 saturated carbocycles. The van der Waals surface area contributed by atoms with Gasteiger partial charge in [0.1, 0.15) is 22.4 Å². The minimum Gasteiger partial charge on any atom is -0.444 e. The zero-order valence-corrected chi connectivity index (χ0v) is 17.8. The van der Waals surface area contributed by atoms with Crippen LogP contribution in [0.25, 0.3) is 10.9 Å². The van der Waals surface area contributed by atoms with E-state index >= 15 is 0 Å². The van der Waals surface area contributed by atoms with Crippen molar-refractivity contribution in [1.82, 2.24) is 9.88 Å². The van der Waals surface area contributed by atoms with Gasteiger partial charge in [-0.15, -0.1) is 0 Å². The number of rotatable bonds is 1. The van der Waals surface area contributed by atoms with Crippen LogP contribution < -0.4 is 4.90 Å². The van der Waals surface area contributed by atoms with Gasteiger partial charge in [-0.05, 0) is 42.8 Å². The number of pyridine rings is 1. The number of carbonyl (C=O) groups is 1. The van der Waals surface area contributed by atoms with Crippen molar-refractivity contribution in [2.75, 3.05) is 31.1 Å². The van der Waals surface area contributed by atoms with Crippen LogP contribution in [0.2, 0.25) is 5.15 Å². The molecule has 0 atom stereocenters. The molecule has 0 N–H and O–H groups in total.